The van der Waals surface area contributed by atoms with Gasteiger partial charge in [-0.1, -0.05) is 39.0 Å². The van der Waals surface area contributed by atoms with E-state index in [-0.39, 0.29) is 35.7 Å². The van der Waals surface area contributed by atoms with Crippen molar-refractivity contribution in [2.24, 2.45) is 5.41 Å². The van der Waals surface area contributed by atoms with E-state index >= 15 is 0 Å². The third-order valence-corrected chi connectivity index (χ3v) is 5.99. The molecule has 1 N–H and O–H groups in total. The molecule has 0 aliphatic carbocycles. The van der Waals surface area contributed by atoms with Crippen LogP contribution in [-0.2, 0) is 14.4 Å². The number of rotatable bonds is 5. The molecule has 1 aromatic rings. The molecule has 0 radical (unpaired) electrons. The monoisotopic (exact) mass is 428 g/mol. The lowest BCUT2D eigenvalue weighted by molar-refractivity contribution is -0.140. The third-order valence-electron chi connectivity index (χ3n) is 5.99. The number of carbonyl (C=O) groups excluding carboxylic acids is 3. The molecule has 2 saturated heterocycles. The number of amides is 3. The van der Waals surface area contributed by atoms with Crippen LogP contribution in [0.1, 0.15) is 53.9 Å². The summed E-state index contributed by atoms with van der Waals surface area (Å²) in [7, 11) is 0. The molecule has 2 fully saturated rings. The minimum absolute atomic E-state index is 0.0156. The number of carbonyl (C=O) groups is 3. The van der Waals surface area contributed by atoms with E-state index in [9.17, 15) is 14.4 Å². The summed E-state index contributed by atoms with van der Waals surface area (Å²) in [5, 5.41) is 2.88. The van der Waals surface area contributed by atoms with E-state index in [1.54, 1.807) is 4.90 Å². The second kappa shape index (κ2) is 8.89. The molecule has 170 valence electrons. The van der Waals surface area contributed by atoms with E-state index in [2.05, 4.69) is 31.0 Å². The number of hydrogen-bond acceptors (Lipinski definition) is 4. The predicted octanol–water partition coefficient (Wildman–Crippen LogP) is 2.61. The van der Waals surface area contributed by atoms with Gasteiger partial charge in [0.15, 0.2) is 0 Å². The molecule has 0 atom stereocenters. The van der Waals surface area contributed by atoms with Crippen LogP contribution in [0.4, 0.5) is 5.69 Å². The molecule has 7 nitrogen and oxygen atoms in total. The molecule has 1 aromatic carbocycles. The van der Waals surface area contributed by atoms with Crippen molar-refractivity contribution >= 4 is 23.4 Å². The average molecular weight is 429 g/mol. The first kappa shape index (κ1) is 23.1. The molecule has 2 heterocycles. The molecule has 3 amide bonds. The van der Waals surface area contributed by atoms with Crippen LogP contribution in [0.25, 0.3) is 0 Å². The number of nitrogens with one attached hydrogen (secondary N) is 1. The number of para-hydroxylation sites is 1. The SMILES string of the molecule is CC(C)NC(=O)CN1CN(c2ccccc2)C2(CCN(C(=O)CC(C)(C)C)CC2)C1=O. The molecule has 0 saturated carbocycles. The predicted molar refractivity (Wildman–Crippen MR) is 121 cm³/mol. The Balaban J connectivity index is 1.80. The first-order valence-electron chi connectivity index (χ1n) is 11.2. The van der Waals surface area contributed by atoms with Gasteiger partial charge >= 0.3 is 0 Å². The molecule has 0 aromatic heterocycles. The summed E-state index contributed by atoms with van der Waals surface area (Å²) in [4.78, 5) is 44.4. The maximum atomic E-state index is 13.6. The summed E-state index contributed by atoms with van der Waals surface area (Å²) in [6, 6.07) is 9.91. The van der Waals surface area contributed by atoms with Crippen LogP contribution in [0.5, 0.6) is 0 Å². The summed E-state index contributed by atoms with van der Waals surface area (Å²) in [5.41, 5.74) is 0.196. The first-order valence-corrected chi connectivity index (χ1v) is 11.2. The molecule has 31 heavy (non-hydrogen) atoms. The fraction of sp³-hybridized carbons (Fsp3) is 0.625. The van der Waals surface area contributed by atoms with Crippen molar-refractivity contribution < 1.29 is 14.4 Å². The minimum atomic E-state index is -0.710. The Morgan fingerprint density at radius 3 is 2.26 bits per heavy atom. The van der Waals surface area contributed by atoms with Gasteiger partial charge in [0.25, 0.3) is 5.91 Å². The largest absolute Gasteiger partial charge is 0.352 e. The highest BCUT2D eigenvalue weighted by atomic mass is 16.2. The van der Waals surface area contributed by atoms with E-state index in [1.165, 1.54) is 0 Å². The first-order chi connectivity index (χ1) is 14.5. The van der Waals surface area contributed by atoms with Gasteiger partial charge in [-0.2, -0.15) is 0 Å². The van der Waals surface area contributed by atoms with Crippen molar-refractivity contribution in [3.05, 3.63) is 30.3 Å². The molecular weight excluding hydrogens is 392 g/mol. The van der Waals surface area contributed by atoms with Crippen molar-refractivity contribution in [2.75, 3.05) is 31.2 Å². The van der Waals surface area contributed by atoms with Crippen LogP contribution in [0.15, 0.2) is 30.3 Å². The highest BCUT2D eigenvalue weighted by molar-refractivity contribution is 5.96. The van der Waals surface area contributed by atoms with E-state index < -0.39 is 5.54 Å². The Kier molecular flexibility index (Phi) is 6.62. The quantitative estimate of drug-likeness (QED) is 0.783. The second-order valence-electron chi connectivity index (χ2n) is 10.3. The average Bonchev–Trinajstić information content (AvgIpc) is 2.93. The summed E-state index contributed by atoms with van der Waals surface area (Å²) < 4.78 is 0. The van der Waals surface area contributed by atoms with Crippen LogP contribution in [0, 0.1) is 5.41 Å². The van der Waals surface area contributed by atoms with Gasteiger partial charge in [-0.25, -0.2) is 0 Å². The number of piperidine rings is 1. The van der Waals surface area contributed by atoms with Crippen molar-refractivity contribution in [3.63, 3.8) is 0 Å². The van der Waals surface area contributed by atoms with Crippen LogP contribution in [0.2, 0.25) is 0 Å². The Bertz CT molecular complexity index is 808. The molecule has 2 aliphatic heterocycles. The van der Waals surface area contributed by atoms with Gasteiger partial charge in [0.05, 0.1) is 6.67 Å². The zero-order valence-corrected chi connectivity index (χ0v) is 19.5. The molecule has 3 rings (SSSR count). The third kappa shape index (κ3) is 5.20. The maximum absolute atomic E-state index is 13.6. The van der Waals surface area contributed by atoms with E-state index in [0.717, 1.165) is 5.69 Å². The van der Waals surface area contributed by atoms with E-state index in [0.29, 0.717) is 39.0 Å². The molecule has 0 bridgehead atoms. The fourth-order valence-corrected chi connectivity index (χ4v) is 4.55. The number of anilines is 1. The summed E-state index contributed by atoms with van der Waals surface area (Å²) >= 11 is 0. The molecule has 2 aliphatic rings. The molecule has 7 heteroatoms. The van der Waals surface area contributed by atoms with Gasteiger partial charge in [-0.05, 0) is 44.2 Å². The van der Waals surface area contributed by atoms with Crippen LogP contribution < -0.4 is 10.2 Å². The number of likely N-dealkylation sites (tertiary alicyclic amines) is 1. The fourth-order valence-electron chi connectivity index (χ4n) is 4.55. The summed E-state index contributed by atoms with van der Waals surface area (Å²) in [6.45, 7) is 11.5. The van der Waals surface area contributed by atoms with Crippen LogP contribution in [0.3, 0.4) is 0 Å². The van der Waals surface area contributed by atoms with Crippen molar-refractivity contribution in [2.45, 2.75) is 65.5 Å². The molecule has 1 spiro atoms. The minimum Gasteiger partial charge on any atom is -0.352 e. The van der Waals surface area contributed by atoms with E-state index in [4.69, 9.17) is 0 Å². The molecular formula is C24H36N4O3. The van der Waals surface area contributed by atoms with Gasteiger partial charge in [-0.15, -0.1) is 0 Å². The van der Waals surface area contributed by atoms with Gasteiger partial charge in [0.2, 0.25) is 11.8 Å². The van der Waals surface area contributed by atoms with Crippen molar-refractivity contribution in [3.8, 4) is 0 Å². The Morgan fingerprint density at radius 1 is 1.10 bits per heavy atom. The van der Waals surface area contributed by atoms with Gasteiger partial charge in [0, 0.05) is 31.2 Å². The Labute approximate surface area is 185 Å². The van der Waals surface area contributed by atoms with Gasteiger partial charge < -0.3 is 20.0 Å². The lowest BCUT2D eigenvalue weighted by Crippen LogP contribution is -2.57. The zero-order valence-electron chi connectivity index (χ0n) is 19.5. The topological polar surface area (TPSA) is 73.0 Å². The maximum Gasteiger partial charge on any atom is 0.250 e. The Hall–Kier alpha value is -2.57. The Morgan fingerprint density at radius 2 is 1.71 bits per heavy atom. The van der Waals surface area contributed by atoms with Crippen LogP contribution in [-0.4, -0.2) is 65.4 Å². The highest BCUT2D eigenvalue weighted by Crippen LogP contribution is 2.39. The smallest absolute Gasteiger partial charge is 0.250 e. The number of hydrogen-bond donors (Lipinski definition) is 1. The van der Waals surface area contributed by atoms with Crippen molar-refractivity contribution in [1.29, 1.82) is 0 Å². The lowest BCUT2D eigenvalue weighted by atomic mass is 9.84. The highest BCUT2D eigenvalue weighted by Gasteiger charge is 2.54. The summed E-state index contributed by atoms with van der Waals surface area (Å²) in [6.07, 6.45) is 1.63. The standard InChI is InChI=1S/C24H36N4O3/c1-18(2)25-20(29)16-27-17-28(19-9-7-6-8-10-19)24(22(27)31)11-13-26(14-12-24)21(30)15-23(3,4)5/h6-10,18H,11-17H2,1-5H3,(H,25,29). The van der Waals surface area contributed by atoms with Crippen LogP contribution >= 0.6 is 0 Å². The lowest BCUT2D eigenvalue weighted by Gasteiger charge is -2.43. The number of benzene rings is 1. The van der Waals surface area contributed by atoms with Crippen molar-refractivity contribution in [1.82, 2.24) is 15.1 Å². The molecule has 0 unspecified atom stereocenters. The summed E-state index contributed by atoms with van der Waals surface area (Å²) in [5.74, 6) is -0.0170. The number of nitrogens with zero attached hydrogens (tertiary/aromatic N) is 3. The second-order valence-corrected chi connectivity index (χ2v) is 10.3. The van der Waals surface area contributed by atoms with E-state index in [1.807, 2.05) is 49.1 Å². The zero-order chi connectivity index (χ0) is 22.8. The normalized spacial score (nSPS) is 18.8. The van der Waals surface area contributed by atoms with Gasteiger partial charge in [0.1, 0.15) is 12.1 Å². The van der Waals surface area contributed by atoms with Gasteiger partial charge in [-0.3, -0.25) is 14.4 Å².